The fourth-order valence-electron chi connectivity index (χ4n) is 4.38. The highest BCUT2D eigenvalue weighted by Gasteiger charge is 2.28. The molecule has 1 aliphatic rings. The monoisotopic (exact) mass is 482 g/mol. The van der Waals surface area contributed by atoms with Gasteiger partial charge in [0.05, 0.1) is 11.3 Å². The van der Waals surface area contributed by atoms with Gasteiger partial charge in [-0.2, -0.15) is 0 Å². The van der Waals surface area contributed by atoms with Gasteiger partial charge in [-0.3, -0.25) is 9.36 Å². The van der Waals surface area contributed by atoms with E-state index < -0.39 is 11.6 Å². The van der Waals surface area contributed by atoms with Gasteiger partial charge < -0.3 is 9.15 Å². The molecule has 0 N–H and O–H groups in total. The predicted octanol–water partition coefficient (Wildman–Crippen LogP) is 6.56. The summed E-state index contributed by atoms with van der Waals surface area (Å²) in [5, 5.41) is 0.578. The molecular formula is C26H21ClF2N2O3. The molecule has 0 saturated carbocycles. The van der Waals surface area contributed by atoms with E-state index in [9.17, 15) is 13.6 Å². The van der Waals surface area contributed by atoms with Crippen molar-refractivity contribution in [3.05, 3.63) is 92.7 Å². The Morgan fingerprint density at radius 3 is 2.53 bits per heavy atom. The number of aromatic nitrogens is 2. The first-order valence-corrected chi connectivity index (χ1v) is 11.3. The van der Waals surface area contributed by atoms with Gasteiger partial charge in [0.1, 0.15) is 23.4 Å². The number of hydrogen-bond donors (Lipinski definition) is 0. The number of pyridine rings is 1. The maximum atomic E-state index is 14.7. The summed E-state index contributed by atoms with van der Waals surface area (Å²) in [6, 6.07) is 9.89. The number of oxazole rings is 1. The van der Waals surface area contributed by atoms with Gasteiger partial charge in [0.25, 0.3) is 5.56 Å². The molecule has 1 aliphatic heterocycles. The lowest BCUT2D eigenvalue weighted by atomic mass is 10.1. The molecule has 0 unspecified atom stereocenters. The first-order valence-electron chi connectivity index (χ1n) is 10.9. The number of hydrogen-bond acceptors (Lipinski definition) is 4. The highest BCUT2D eigenvalue weighted by molar-refractivity contribution is 6.30. The first-order chi connectivity index (χ1) is 16.3. The third-order valence-corrected chi connectivity index (χ3v) is 6.12. The first kappa shape index (κ1) is 22.5. The summed E-state index contributed by atoms with van der Waals surface area (Å²) in [5.74, 6) is -0.988. The lowest BCUT2D eigenvalue weighted by Gasteiger charge is -2.14. The highest BCUT2D eigenvalue weighted by Crippen LogP contribution is 2.38. The summed E-state index contributed by atoms with van der Waals surface area (Å²) in [7, 11) is 0. The second-order valence-corrected chi connectivity index (χ2v) is 8.81. The van der Waals surface area contributed by atoms with Crippen LogP contribution in [-0.4, -0.2) is 16.2 Å². The second-order valence-electron chi connectivity index (χ2n) is 8.37. The lowest BCUT2D eigenvalue weighted by Crippen LogP contribution is -2.18. The molecule has 3 heterocycles. The van der Waals surface area contributed by atoms with Gasteiger partial charge >= 0.3 is 0 Å². The van der Waals surface area contributed by atoms with Crippen LogP contribution in [0.5, 0.6) is 0 Å². The molecule has 2 aromatic heterocycles. The zero-order valence-electron chi connectivity index (χ0n) is 18.6. The number of aryl methyl sites for hydroxylation is 2. The van der Waals surface area contributed by atoms with Gasteiger partial charge in [-0.15, -0.1) is 0 Å². The fraction of sp³-hybridized carbons (Fsp3) is 0.231. The fourth-order valence-corrected chi connectivity index (χ4v) is 4.71. The Morgan fingerprint density at radius 1 is 1.09 bits per heavy atom. The molecule has 1 fully saturated rings. The Hall–Kier alpha value is -3.29. The Labute approximate surface area is 199 Å². The van der Waals surface area contributed by atoms with Crippen molar-refractivity contribution in [2.75, 3.05) is 6.61 Å². The van der Waals surface area contributed by atoms with Crippen molar-refractivity contribution in [1.29, 1.82) is 0 Å². The van der Waals surface area contributed by atoms with Crippen molar-refractivity contribution < 1.29 is 17.9 Å². The quantitative estimate of drug-likeness (QED) is 0.330. The molecule has 34 heavy (non-hydrogen) atoms. The van der Waals surface area contributed by atoms with Crippen LogP contribution < -0.4 is 5.56 Å². The molecule has 0 aliphatic carbocycles. The number of nitrogens with zero attached hydrogens (tertiary/aromatic N) is 2. The molecule has 8 heteroatoms. The summed E-state index contributed by atoms with van der Waals surface area (Å²) >= 11 is 6.17. The van der Waals surface area contributed by atoms with Crippen molar-refractivity contribution in [1.82, 2.24) is 9.55 Å². The number of halogens is 3. The van der Waals surface area contributed by atoms with E-state index in [0.29, 0.717) is 34.5 Å². The SMILES string of the molecule is Cc1cc(Cl)cc(C)c1-n1cc(-c2nc([C@H]3CCCO3)oc2-c2ccc(F)cc2F)ccc1=O. The molecule has 0 spiro atoms. The van der Waals surface area contributed by atoms with Crippen LogP contribution in [0.3, 0.4) is 0 Å². The minimum atomic E-state index is -0.769. The maximum Gasteiger partial charge on any atom is 0.255 e. The molecule has 4 aromatic rings. The average molecular weight is 483 g/mol. The maximum absolute atomic E-state index is 14.7. The Morgan fingerprint density at radius 2 is 1.85 bits per heavy atom. The van der Waals surface area contributed by atoms with Crippen LogP contribution in [0, 0.1) is 25.5 Å². The normalized spacial score (nSPS) is 15.7. The second kappa shape index (κ2) is 8.81. The number of ether oxygens (including phenoxy) is 1. The van der Waals surface area contributed by atoms with E-state index in [0.717, 1.165) is 36.1 Å². The highest BCUT2D eigenvalue weighted by atomic mass is 35.5. The van der Waals surface area contributed by atoms with Gasteiger partial charge in [0.2, 0.25) is 5.89 Å². The van der Waals surface area contributed by atoms with Crippen LogP contribution in [-0.2, 0) is 4.74 Å². The Kier molecular flexibility index (Phi) is 5.83. The standard InChI is InChI=1S/C26H21ClF2N2O3/c1-14-10-17(27)11-15(2)24(14)31-13-16(5-8-22(31)32)23-25(19-7-6-18(28)12-20(19)29)34-26(30-23)21-4-3-9-33-21/h5-8,10-13,21H,3-4,9H2,1-2H3/t21-/m1/s1. The molecule has 174 valence electrons. The molecule has 2 aromatic carbocycles. The predicted molar refractivity (Wildman–Crippen MR) is 125 cm³/mol. The molecule has 5 nitrogen and oxygen atoms in total. The van der Waals surface area contributed by atoms with Crippen LogP contribution in [0.25, 0.3) is 28.3 Å². The van der Waals surface area contributed by atoms with Crippen LogP contribution in [0.4, 0.5) is 8.78 Å². The van der Waals surface area contributed by atoms with Crippen molar-refractivity contribution in [2.45, 2.75) is 32.8 Å². The van der Waals surface area contributed by atoms with E-state index in [1.807, 2.05) is 13.8 Å². The summed E-state index contributed by atoms with van der Waals surface area (Å²) in [4.78, 5) is 17.5. The van der Waals surface area contributed by atoms with Crippen molar-refractivity contribution in [3.63, 3.8) is 0 Å². The van der Waals surface area contributed by atoms with E-state index in [-0.39, 0.29) is 23.0 Å². The minimum Gasteiger partial charge on any atom is -0.437 e. The van der Waals surface area contributed by atoms with E-state index in [2.05, 4.69) is 4.98 Å². The average Bonchev–Trinajstić information content (AvgIpc) is 3.44. The molecular weight excluding hydrogens is 462 g/mol. The van der Waals surface area contributed by atoms with E-state index in [1.165, 1.54) is 16.7 Å². The lowest BCUT2D eigenvalue weighted by molar-refractivity contribution is 0.0897. The number of benzene rings is 2. The third-order valence-electron chi connectivity index (χ3n) is 5.91. The van der Waals surface area contributed by atoms with E-state index >= 15 is 0 Å². The summed E-state index contributed by atoms with van der Waals surface area (Å²) in [5.41, 5.74) is 3.07. The van der Waals surface area contributed by atoms with Gasteiger partial charge in [-0.25, -0.2) is 13.8 Å². The summed E-state index contributed by atoms with van der Waals surface area (Å²) in [6.07, 6.45) is 2.90. The summed E-state index contributed by atoms with van der Waals surface area (Å²) < 4.78 is 41.5. The number of rotatable bonds is 4. The Balaban J connectivity index is 1.71. The van der Waals surface area contributed by atoms with Crippen molar-refractivity contribution >= 4 is 11.6 Å². The van der Waals surface area contributed by atoms with Gasteiger partial charge in [-0.05, 0) is 68.1 Å². The molecule has 1 saturated heterocycles. The van der Waals surface area contributed by atoms with E-state index in [1.54, 1.807) is 24.4 Å². The Bertz CT molecular complexity index is 1430. The minimum absolute atomic E-state index is 0.0738. The third kappa shape index (κ3) is 4.06. The molecule has 1 atom stereocenters. The van der Waals surface area contributed by atoms with Crippen LogP contribution >= 0.6 is 11.6 Å². The zero-order chi connectivity index (χ0) is 24.0. The summed E-state index contributed by atoms with van der Waals surface area (Å²) in [6.45, 7) is 4.33. The van der Waals surface area contributed by atoms with Crippen molar-refractivity contribution in [3.8, 4) is 28.3 Å². The zero-order valence-corrected chi connectivity index (χ0v) is 19.3. The smallest absolute Gasteiger partial charge is 0.255 e. The van der Waals surface area contributed by atoms with Gasteiger partial charge in [0.15, 0.2) is 5.76 Å². The molecule has 0 radical (unpaired) electrons. The van der Waals surface area contributed by atoms with Crippen molar-refractivity contribution in [2.24, 2.45) is 0 Å². The van der Waals surface area contributed by atoms with Crippen LogP contribution in [0.2, 0.25) is 5.02 Å². The molecule has 0 bridgehead atoms. The topological polar surface area (TPSA) is 57.3 Å². The molecule has 0 amide bonds. The largest absolute Gasteiger partial charge is 0.437 e. The van der Waals surface area contributed by atoms with Gasteiger partial charge in [-0.1, -0.05) is 11.6 Å². The van der Waals surface area contributed by atoms with Crippen LogP contribution in [0.15, 0.2) is 57.9 Å². The van der Waals surface area contributed by atoms with Gasteiger partial charge in [0, 0.05) is 35.5 Å². The van der Waals surface area contributed by atoms with E-state index in [4.69, 9.17) is 20.8 Å². The molecule has 5 rings (SSSR count). The van der Waals surface area contributed by atoms with Crippen LogP contribution in [0.1, 0.15) is 36.0 Å².